The van der Waals surface area contributed by atoms with E-state index in [2.05, 4.69) is 11.8 Å². The third-order valence-electron chi connectivity index (χ3n) is 11.0. The van der Waals surface area contributed by atoms with Crippen LogP contribution in [0.3, 0.4) is 0 Å². The van der Waals surface area contributed by atoms with Crippen LogP contribution < -0.4 is 0 Å². The van der Waals surface area contributed by atoms with Gasteiger partial charge in [-0.2, -0.15) is 0 Å². The Morgan fingerprint density at radius 1 is 1.10 bits per heavy atom. The fourth-order valence-corrected chi connectivity index (χ4v) is 10.3. The first-order valence-electron chi connectivity index (χ1n) is 11.8. The van der Waals surface area contributed by atoms with Crippen molar-refractivity contribution in [1.29, 1.82) is 0 Å². The van der Waals surface area contributed by atoms with Crippen LogP contribution in [-0.2, 0) is 9.47 Å². The van der Waals surface area contributed by atoms with Gasteiger partial charge >= 0.3 is 0 Å². The number of ether oxygens (including phenoxy) is 2. The highest BCUT2D eigenvalue weighted by Crippen LogP contribution is 2.79. The lowest BCUT2D eigenvalue weighted by atomic mass is 9.42. The molecule has 0 aromatic rings. The molecule has 5 aliphatic carbocycles. The SMILES string of the molecule is CCN1C[C@]2(COC)CC[C@H](O)[C@@]34[C@@H]5C[C@H]6[C@H](O)[C@@H]5[C@](O)(C[C@@H]6OC)[C@@](O)(C[C@H]23)[C@@H]14. The second kappa shape index (κ2) is 5.99. The number of likely N-dealkylation sites (tertiary alicyclic amines) is 1. The first-order chi connectivity index (χ1) is 14.2. The van der Waals surface area contributed by atoms with E-state index in [4.69, 9.17) is 9.47 Å². The number of piperidine rings is 1. The largest absolute Gasteiger partial charge is 0.392 e. The molecule has 12 atom stereocenters. The summed E-state index contributed by atoms with van der Waals surface area (Å²) < 4.78 is 11.5. The van der Waals surface area contributed by atoms with Crippen molar-refractivity contribution in [2.45, 2.75) is 74.6 Å². The number of hydrogen-bond acceptors (Lipinski definition) is 7. The highest BCUT2D eigenvalue weighted by molar-refractivity contribution is 5.38. The zero-order valence-corrected chi connectivity index (χ0v) is 18.3. The number of hydrogen-bond donors (Lipinski definition) is 4. The summed E-state index contributed by atoms with van der Waals surface area (Å²) in [6, 6.07) is -0.298. The van der Waals surface area contributed by atoms with E-state index in [1.807, 2.05) is 0 Å². The standard InChI is InChI=1S/C23H37NO6/c1-4-24-10-20(11-29-2)6-5-16(25)23-13-7-12-14(30-3)8-21(27,17(13)18(12)26)22(28,19(23)24)9-15(20)23/h12-19,25-28H,4-11H2,1-3H3/t12-,13-,14+,15-,16+,17-,18+,19-,20+,21-,22-,23-/m1/s1. The first kappa shape index (κ1) is 20.3. The minimum Gasteiger partial charge on any atom is -0.392 e. The number of rotatable bonds is 4. The van der Waals surface area contributed by atoms with Crippen LogP contribution in [0.4, 0.5) is 0 Å². The summed E-state index contributed by atoms with van der Waals surface area (Å²) in [5.74, 6) is -0.409. The topological polar surface area (TPSA) is 103 Å². The molecule has 7 bridgehead atoms. The van der Waals surface area contributed by atoms with Crippen molar-refractivity contribution < 1.29 is 29.9 Å². The van der Waals surface area contributed by atoms with Crippen LogP contribution in [0.15, 0.2) is 0 Å². The van der Waals surface area contributed by atoms with Gasteiger partial charge < -0.3 is 29.9 Å². The summed E-state index contributed by atoms with van der Waals surface area (Å²) >= 11 is 0. The Labute approximate surface area is 178 Å². The van der Waals surface area contributed by atoms with Crippen LogP contribution in [-0.4, -0.2) is 94.8 Å². The van der Waals surface area contributed by atoms with E-state index >= 15 is 0 Å². The Morgan fingerprint density at radius 3 is 2.53 bits per heavy atom. The minimum atomic E-state index is -1.41. The number of likely N-dealkylation sites (N-methyl/N-ethyl adjacent to an activating group) is 1. The second-order valence-corrected chi connectivity index (χ2v) is 11.4. The average Bonchev–Trinajstić information content (AvgIpc) is 3.10. The molecule has 1 aliphatic heterocycles. The maximum absolute atomic E-state index is 12.4. The van der Waals surface area contributed by atoms with Gasteiger partial charge in [0.05, 0.1) is 24.9 Å². The van der Waals surface area contributed by atoms with Crippen molar-refractivity contribution in [2.75, 3.05) is 33.9 Å². The molecule has 4 N–H and O–H groups in total. The molecule has 1 heterocycles. The normalized spacial score (nSPS) is 63.3. The Balaban J connectivity index is 1.62. The van der Waals surface area contributed by atoms with Crippen LogP contribution in [0.2, 0.25) is 0 Å². The molecule has 0 aromatic carbocycles. The second-order valence-electron chi connectivity index (χ2n) is 11.4. The molecule has 6 rings (SSSR count). The number of aliphatic hydroxyl groups excluding tert-OH is 2. The molecular weight excluding hydrogens is 386 g/mol. The van der Waals surface area contributed by atoms with Crippen molar-refractivity contribution in [3.63, 3.8) is 0 Å². The fourth-order valence-electron chi connectivity index (χ4n) is 10.3. The lowest BCUT2D eigenvalue weighted by Gasteiger charge is -2.70. The maximum Gasteiger partial charge on any atom is 0.110 e. The van der Waals surface area contributed by atoms with Crippen molar-refractivity contribution in [1.82, 2.24) is 4.90 Å². The predicted molar refractivity (Wildman–Crippen MR) is 108 cm³/mol. The Morgan fingerprint density at radius 2 is 1.87 bits per heavy atom. The summed E-state index contributed by atoms with van der Waals surface area (Å²) in [5, 5.41) is 47.7. The highest BCUT2D eigenvalue weighted by Gasteiger charge is 2.88. The van der Waals surface area contributed by atoms with E-state index in [0.717, 1.165) is 25.9 Å². The van der Waals surface area contributed by atoms with E-state index in [0.29, 0.717) is 25.9 Å². The zero-order chi connectivity index (χ0) is 21.3. The van der Waals surface area contributed by atoms with E-state index in [1.165, 1.54) is 0 Å². The van der Waals surface area contributed by atoms with Gasteiger partial charge in [0.2, 0.25) is 0 Å². The highest BCUT2D eigenvalue weighted by atomic mass is 16.5. The van der Waals surface area contributed by atoms with Gasteiger partial charge in [-0.15, -0.1) is 0 Å². The zero-order valence-electron chi connectivity index (χ0n) is 18.3. The smallest absolute Gasteiger partial charge is 0.110 e. The predicted octanol–water partition coefficient (Wildman–Crippen LogP) is -0.00800. The van der Waals surface area contributed by atoms with Gasteiger partial charge in [0.25, 0.3) is 0 Å². The van der Waals surface area contributed by atoms with E-state index < -0.39 is 34.7 Å². The van der Waals surface area contributed by atoms with Crippen LogP contribution >= 0.6 is 0 Å². The third-order valence-corrected chi connectivity index (χ3v) is 11.0. The molecule has 1 spiro atoms. The van der Waals surface area contributed by atoms with Gasteiger partial charge in [0.1, 0.15) is 11.2 Å². The summed E-state index contributed by atoms with van der Waals surface area (Å²) in [5.41, 5.74) is -3.43. The number of aliphatic hydroxyl groups is 4. The molecule has 5 saturated carbocycles. The molecule has 0 aromatic heterocycles. The number of methoxy groups -OCH3 is 2. The Bertz CT molecular complexity index is 751. The molecule has 7 heteroatoms. The van der Waals surface area contributed by atoms with E-state index in [-0.39, 0.29) is 35.3 Å². The van der Waals surface area contributed by atoms with Gasteiger partial charge in [-0.05, 0) is 44.1 Å². The summed E-state index contributed by atoms with van der Waals surface area (Å²) in [7, 11) is 3.38. The van der Waals surface area contributed by atoms with Crippen LogP contribution in [0, 0.1) is 34.5 Å². The van der Waals surface area contributed by atoms with Crippen molar-refractivity contribution in [2.24, 2.45) is 34.5 Å². The Hall–Kier alpha value is -0.280. The lowest BCUT2D eigenvalue weighted by molar-refractivity contribution is -0.312. The monoisotopic (exact) mass is 423 g/mol. The van der Waals surface area contributed by atoms with E-state index in [9.17, 15) is 20.4 Å². The summed E-state index contributed by atoms with van der Waals surface area (Å²) in [6.07, 6.45) is 1.61. The van der Waals surface area contributed by atoms with Gasteiger partial charge in [-0.25, -0.2) is 0 Å². The van der Waals surface area contributed by atoms with Gasteiger partial charge in [-0.1, -0.05) is 6.92 Å². The molecule has 170 valence electrons. The van der Waals surface area contributed by atoms with Gasteiger partial charge in [-0.3, -0.25) is 4.90 Å². The quantitative estimate of drug-likeness (QED) is 0.504. The van der Waals surface area contributed by atoms with Crippen molar-refractivity contribution >= 4 is 0 Å². The lowest BCUT2D eigenvalue weighted by Crippen LogP contribution is -2.81. The fraction of sp³-hybridized carbons (Fsp3) is 1.00. The van der Waals surface area contributed by atoms with Crippen molar-refractivity contribution in [3.05, 3.63) is 0 Å². The number of nitrogens with zero attached hydrogens (tertiary/aromatic N) is 1. The molecule has 6 aliphatic rings. The molecule has 0 radical (unpaired) electrons. The molecule has 1 saturated heterocycles. The summed E-state index contributed by atoms with van der Waals surface area (Å²) in [4.78, 5) is 2.33. The van der Waals surface area contributed by atoms with Gasteiger partial charge in [0, 0.05) is 55.9 Å². The van der Waals surface area contributed by atoms with Gasteiger partial charge in [0.15, 0.2) is 0 Å². The van der Waals surface area contributed by atoms with Crippen LogP contribution in [0.5, 0.6) is 0 Å². The van der Waals surface area contributed by atoms with Crippen LogP contribution in [0.25, 0.3) is 0 Å². The number of fused-ring (bicyclic) bond motifs is 2. The first-order valence-corrected chi connectivity index (χ1v) is 11.8. The third kappa shape index (κ3) is 1.84. The molecule has 6 fully saturated rings. The van der Waals surface area contributed by atoms with Crippen molar-refractivity contribution in [3.8, 4) is 0 Å². The molecule has 7 nitrogen and oxygen atoms in total. The average molecular weight is 424 g/mol. The molecule has 0 amide bonds. The summed E-state index contributed by atoms with van der Waals surface area (Å²) in [6.45, 7) is 4.30. The van der Waals surface area contributed by atoms with E-state index in [1.54, 1.807) is 14.2 Å². The minimum absolute atomic E-state index is 0.0266. The molecular formula is C23H37NO6. The maximum atomic E-state index is 12.4. The molecule has 30 heavy (non-hydrogen) atoms. The van der Waals surface area contributed by atoms with Crippen LogP contribution in [0.1, 0.15) is 39.0 Å². The molecule has 0 unspecified atom stereocenters. The Kier molecular flexibility index (Phi) is 4.06.